The molecule has 106 valence electrons. The molecular weight excluding hydrogens is 246 g/mol. The van der Waals surface area contributed by atoms with Gasteiger partial charge in [0.25, 0.3) is 0 Å². The number of phenols is 1. The second-order valence-corrected chi connectivity index (χ2v) is 6.27. The van der Waals surface area contributed by atoms with E-state index in [4.69, 9.17) is 0 Å². The summed E-state index contributed by atoms with van der Waals surface area (Å²) in [6.07, 6.45) is 6.10. The molecule has 0 radical (unpaired) electrons. The van der Waals surface area contributed by atoms with Crippen LogP contribution >= 0.6 is 0 Å². The molecule has 20 heavy (non-hydrogen) atoms. The van der Waals surface area contributed by atoms with Gasteiger partial charge in [-0.15, -0.1) is 0 Å². The number of phenolic OH excluding ortho intramolecular Hbond substituents is 1. The molecule has 0 saturated carbocycles. The molecule has 1 aromatic rings. The summed E-state index contributed by atoms with van der Waals surface area (Å²) in [7, 11) is 0. The van der Waals surface area contributed by atoms with E-state index >= 15 is 0 Å². The molecule has 1 heterocycles. The molecule has 2 heteroatoms. The SMILES string of the molecule is CC1=C[NH+](CCc2ccc(O)cc2)CC2=C1CC[C@@H]2C. The Balaban J connectivity index is 1.64. The van der Waals surface area contributed by atoms with Gasteiger partial charge in [-0.1, -0.05) is 19.1 Å². The number of nitrogens with one attached hydrogen (secondary N) is 1. The smallest absolute Gasteiger partial charge is 0.115 e. The quantitative estimate of drug-likeness (QED) is 0.866. The average molecular weight is 270 g/mol. The highest BCUT2D eigenvalue weighted by atomic mass is 16.3. The van der Waals surface area contributed by atoms with E-state index in [1.807, 2.05) is 12.1 Å². The van der Waals surface area contributed by atoms with Crippen LogP contribution in [0.25, 0.3) is 0 Å². The zero-order valence-corrected chi connectivity index (χ0v) is 12.4. The second-order valence-electron chi connectivity index (χ2n) is 6.27. The third kappa shape index (κ3) is 2.66. The lowest BCUT2D eigenvalue weighted by Crippen LogP contribution is -3.08. The fraction of sp³-hybridized carbons (Fsp3) is 0.444. The monoisotopic (exact) mass is 270 g/mol. The number of quaternary nitrogens is 1. The van der Waals surface area contributed by atoms with Gasteiger partial charge >= 0.3 is 0 Å². The molecule has 0 aromatic heterocycles. The first-order valence-corrected chi connectivity index (χ1v) is 7.66. The fourth-order valence-electron chi connectivity index (χ4n) is 3.54. The van der Waals surface area contributed by atoms with Gasteiger partial charge in [0, 0.05) is 12.0 Å². The highest BCUT2D eigenvalue weighted by Gasteiger charge is 2.29. The minimum Gasteiger partial charge on any atom is -0.508 e. The van der Waals surface area contributed by atoms with Crippen molar-refractivity contribution >= 4 is 0 Å². The van der Waals surface area contributed by atoms with Gasteiger partial charge < -0.3 is 10.0 Å². The van der Waals surface area contributed by atoms with Crippen molar-refractivity contribution in [2.45, 2.75) is 33.1 Å². The standard InChI is InChI=1S/C18H23NO/c1-13-3-8-17-14(2)11-19(12-18(13)17)10-9-15-4-6-16(20)7-5-15/h4-7,11,13,20H,3,8-10,12H2,1-2H3/p+1/t13-/m0/s1. The number of hydrogen-bond donors (Lipinski definition) is 2. The lowest BCUT2D eigenvalue weighted by atomic mass is 9.97. The van der Waals surface area contributed by atoms with Crippen LogP contribution in [0.15, 0.2) is 47.2 Å². The molecular formula is C18H24NO+. The molecule has 1 aliphatic carbocycles. The van der Waals surface area contributed by atoms with E-state index in [1.165, 1.54) is 30.5 Å². The third-order valence-corrected chi connectivity index (χ3v) is 4.80. The molecule has 2 nitrogen and oxygen atoms in total. The Kier molecular flexibility index (Phi) is 3.66. The molecule has 3 rings (SSSR count). The minimum absolute atomic E-state index is 0.351. The predicted molar refractivity (Wildman–Crippen MR) is 81.7 cm³/mol. The summed E-state index contributed by atoms with van der Waals surface area (Å²) >= 11 is 0. The maximum absolute atomic E-state index is 9.32. The normalized spacial score (nSPS) is 25.6. The van der Waals surface area contributed by atoms with Crippen LogP contribution in [0, 0.1) is 5.92 Å². The largest absolute Gasteiger partial charge is 0.508 e. The van der Waals surface area contributed by atoms with E-state index in [0.29, 0.717) is 5.75 Å². The van der Waals surface area contributed by atoms with E-state index < -0.39 is 0 Å². The number of hydrogen-bond acceptors (Lipinski definition) is 1. The lowest BCUT2D eigenvalue weighted by Gasteiger charge is -2.24. The Labute approximate surface area is 121 Å². The van der Waals surface area contributed by atoms with Crippen molar-refractivity contribution in [1.29, 1.82) is 0 Å². The molecule has 0 fully saturated rings. The summed E-state index contributed by atoms with van der Waals surface area (Å²) in [6.45, 7) is 6.96. The first kappa shape index (κ1) is 13.4. The third-order valence-electron chi connectivity index (χ3n) is 4.80. The zero-order chi connectivity index (χ0) is 14.1. The summed E-state index contributed by atoms with van der Waals surface area (Å²) in [5, 5.41) is 9.32. The van der Waals surface area contributed by atoms with Crippen LogP contribution in [0.5, 0.6) is 5.75 Å². The van der Waals surface area contributed by atoms with Crippen LogP contribution in [0.4, 0.5) is 0 Å². The Morgan fingerprint density at radius 1 is 1.25 bits per heavy atom. The molecule has 2 N–H and O–H groups in total. The van der Waals surface area contributed by atoms with Crippen LogP contribution in [-0.2, 0) is 6.42 Å². The van der Waals surface area contributed by atoms with E-state index in [0.717, 1.165) is 18.9 Å². The van der Waals surface area contributed by atoms with Gasteiger partial charge in [-0.05, 0) is 54.5 Å². The van der Waals surface area contributed by atoms with Crippen LogP contribution in [0.1, 0.15) is 32.3 Å². The first-order chi connectivity index (χ1) is 9.63. The van der Waals surface area contributed by atoms with Gasteiger partial charge in [0.1, 0.15) is 12.3 Å². The maximum Gasteiger partial charge on any atom is 0.115 e. The highest BCUT2D eigenvalue weighted by molar-refractivity contribution is 5.39. The molecule has 2 aliphatic rings. The summed E-state index contributed by atoms with van der Waals surface area (Å²) in [5.41, 5.74) is 6.15. The molecule has 0 saturated heterocycles. The Morgan fingerprint density at radius 2 is 2.00 bits per heavy atom. The van der Waals surface area contributed by atoms with Crippen molar-refractivity contribution < 1.29 is 10.0 Å². The van der Waals surface area contributed by atoms with Crippen molar-refractivity contribution in [3.05, 3.63) is 52.7 Å². The van der Waals surface area contributed by atoms with Crippen LogP contribution < -0.4 is 4.90 Å². The Bertz CT molecular complexity index is 553. The Hall–Kier alpha value is -1.54. The van der Waals surface area contributed by atoms with Gasteiger partial charge in [0.2, 0.25) is 0 Å². The van der Waals surface area contributed by atoms with Crippen molar-refractivity contribution in [2.24, 2.45) is 5.92 Å². The zero-order valence-electron chi connectivity index (χ0n) is 12.4. The summed E-state index contributed by atoms with van der Waals surface area (Å²) in [4.78, 5) is 1.57. The van der Waals surface area contributed by atoms with Gasteiger partial charge in [-0.3, -0.25) is 0 Å². The highest BCUT2D eigenvalue weighted by Crippen LogP contribution is 2.35. The first-order valence-electron chi connectivity index (χ1n) is 7.66. The van der Waals surface area contributed by atoms with Crippen molar-refractivity contribution in [2.75, 3.05) is 13.1 Å². The maximum atomic E-state index is 9.32. The summed E-state index contributed by atoms with van der Waals surface area (Å²) < 4.78 is 0. The molecule has 1 aromatic carbocycles. The van der Waals surface area contributed by atoms with Gasteiger partial charge in [0.05, 0.1) is 12.7 Å². The molecule has 0 amide bonds. The van der Waals surface area contributed by atoms with Crippen LogP contribution in [0.2, 0.25) is 0 Å². The van der Waals surface area contributed by atoms with E-state index in [-0.39, 0.29) is 0 Å². The number of rotatable bonds is 3. The number of allylic oxidation sites excluding steroid dienone is 2. The van der Waals surface area contributed by atoms with Crippen molar-refractivity contribution in [1.82, 2.24) is 0 Å². The topological polar surface area (TPSA) is 24.7 Å². The molecule has 0 spiro atoms. The van der Waals surface area contributed by atoms with E-state index in [1.54, 1.807) is 28.2 Å². The minimum atomic E-state index is 0.351. The lowest BCUT2D eigenvalue weighted by molar-refractivity contribution is -0.843. The molecule has 1 aliphatic heterocycles. The van der Waals surface area contributed by atoms with Gasteiger partial charge in [-0.25, -0.2) is 0 Å². The average Bonchev–Trinajstić information content (AvgIpc) is 2.81. The molecule has 2 atom stereocenters. The van der Waals surface area contributed by atoms with Gasteiger partial charge in [-0.2, -0.15) is 0 Å². The van der Waals surface area contributed by atoms with E-state index in [9.17, 15) is 5.11 Å². The Morgan fingerprint density at radius 3 is 2.75 bits per heavy atom. The molecule has 0 bridgehead atoms. The van der Waals surface area contributed by atoms with Crippen LogP contribution in [0.3, 0.4) is 0 Å². The van der Waals surface area contributed by atoms with Crippen LogP contribution in [-0.4, -0.2) is 18.2 Å². The summed E-state index contributed by atoms with van der Waals surface area (Å²) in [6, 6.07) is 7.61. The fourth-order valence-corrected chi connectivity index (χ4v) is 3.54. The summed E-state index contributed by atoms with van der Waals surface area (Å²) in [5.74, 6) is 1.13. The van der Waals surface area contributed by atoms with E-state index in [2.05, 4.69) is 20.0 Å². The van der Waals surface area contributed by atoms with Crippen molar-refractivity contribution in [3.8, 4) is 5.75 Å². The number of aromatic hydroxyl groups is 1. The predicted octanol–water partition coefficient (Wildman–Crippen LogP) is 2.46. The molecule has 1 unspecified atom stereocenters. The van der Waals surface area contributed by atoms with Gasteiger partial charge in [0.15, 0.2) is 0 Å². The second kappa shape index (κ2) is 5.45. The number of benzene rings is 1. The van der Waals surface area contributed by atoms with Crippen molar-refractivity contribution in [3.63, 3.8) is 0 Å².